The number of fused-ring (bicyclic) bond motifs is 1. The van der Waals surface area contributed by atoms with Crippen LogP contribution in [0.5, 0.6) is 11.5 Å². The summed E-state index contributed by atoms with van der Waals surface area (Å²) in [6.07, 6.45) is 0. The third-order valence-corrected chi connectivity index (χ3v) is 2.94. The van der Waals surface area contributed by atoms with Gasteiger partial charge in [0.1, 0.15) is 23.7 Å². The molecule has 1 aromatic rings. The molecule has 0 spiro atoms. The molecule has 1 N–H and O–H groups in total. The molecule has 0 amide bonds. The van der Waals surface area contributed by atoms with Crippen molar-refractivity contribution < 1.29 is 24.1 Å². The Hall–Kier alpha value is -1.75. The lowest BCUT2D eigenvalue weighted by molar-refractivity contribution is 0.0532. The number of carbonyl (C=O) groups excluding carboxylic acids is 1. The Balaban J connectivity index is 2.72. The Labute approximate surface area is 98.9 Å². The summed E-state index contributed by atoms with van der Waals surface area (Å²) in [6, 6.07) is 0. The van der Waals surface area contributed by atoms with E-state index in [9.17, 15) is 9.90 Å². The van der Waals surface area contributed by atoms with E-state index in [-0.39, 0.29) is 24.5 Å². The first-order valence-electron chi connectivity index (χ1n) is 5.19. The summed E-state index contributed by atoms with van der Waals surface area (Å²) in [5, 5.41) is 10.1. The van der Waals surface area contributed by atoms with Crippen molar-refractivity contribution in [3.05, 3.63) is 22.3 Å². The Morgan fingerprint density at radius 2 is 2.12 bits per heavy atom. The maximum Gasteiger partial charge on any atom is 0.342 e. The lowest BCUT2D eigenvalue weighted by atomic mass is 9.97. The van der Waals surface area contributed by atoms with Crippen molar-refractivity contribution in [3.8, 4) is 11.5 Å². The van der Waals surface area contributed by atoms with Gasteiger partial charge < -0.3 is 19.3 Å². The Kier molecular flexibility index (Phi) is 2.93. The topological polar surface area (TPSA) is 65.0 Å². The van der Waals surface area contributed by atoms with Crippen LogP contribution in [0.3, 0.4) is 0 Å². The molecular formula is C12H14O5. The number of hydrogen-bond donors (Lipinski definition) is 1. The summed E-state index contributed by atoms with van der Waals surface area (Å²) >= 11 is 0. The van der Waals surface area contributed by atoms with Crippen LogP contribution in [-0.2, 0) is 22.7 Å². The van der Waals surface area contributed by atoms with Gasteiger partial charge in [-0.2, -0.15) is 0 Å². The van der Waals surface area contributed by atoms with Gasteiger partial charge in [0.15, 0.2) is 0 Å². The summed E-state index contributed by atoms with van der Waals surface area (Å²) in [5.74, 6) is -0.0613. The number of benzene rings is 1. The highest BCUT2D eigenvalue weighted by Gasteiger charge is 2.32. The number of aromatic hydroxyl groups is 1. The fourth-order valence-electron chi connectivity index (χ4n) is 2.12. The van der Waals surface area contributed by atoms with Crippen LogP contribution in [0.25, 0.3) is 0 Å². The van der Waals surface area contributed by atoms with Gasteiger partial charge in [-0.15, -0.1) is 0 Å². The molecule has 0 atom stereocenters. The molecule has 1 aromatic carbocycles. The monoisotopic (exact) mass is 238 g/mol. The zero-order chi connectivity index (χ0) is 12.6. The van der Waals surface area contributed by atoms with Crippen LogP contribution in [0.2, 0.25) is 0 Å². The molecule has 1 heterocycles. The van der Waals surface area contributed by atoms with E-state index in [1.54, 1.807) is 0 Å². The summed E-state index contributed by atoms with van der Waals surface area (Å²) in [5.41, 5.74) is 2.20. The number of methoxy groups -OCH3 is 2. The van der Waals surface area contributed by atoms with E-state index in [0.717, 1.165) is 5.56 Å². The first-order chi connectivity index (χ1) is 8.11. The number of phenolic OH excluding ortho intramolecular Hbond substituents is 1. The van der Waals surface area contributed by atoms with Crippen LogP contribution in [0, 0.1) is 6.92 Å². The summed E-state index contributed by atoms with van der Waals surface area (Å²) in [6.45, 7) is 2.19. The van der Waals surface area contributed by atoms with Crippen LogP contribution in [0.4, 0.5) is 0 Å². The second kappa shape index (κ2) is 4.25. The molecular weight excluding hydrogens is 224 g/mol. The van der Waals surface area contributed by atoms with Crippen molar-refractivity contribution in [1.29, 1.82) is 0 Å². The standard InChI is InChI=1S/C12H14O5/c1-6-7-5-17-12(14)9(7)10(13)8(4-15-2)11(6)16-3/h13H,4-5H2,1-3H3. The van der Waals surface area contributed by atoms with E-state index in [0.29, 0.717) is 16.9 Å². The molecule has 0 fully saturated rings. The van der Waals surface area contributed by atoms with Gasteiger partial charge >= 0.3 is 5.97 Å². The maximum absolute atomic E-state index is 11.5. The highest BCUT2D eigenvalue weighted by atomic mass is 16.5. The van der Waals surface area contributed by atoms with Crippen molar-refractivity contribution in [3.63, 3.8) is 0 Å². The molecule has 5 nitrogen and oxygen atoms in total. The van der Waals surface area contributed by atoms with Crippen LogP contribution >= 0.6 is 0 Å². The molecule has 0 bridgehead atoms. The fraction of sp³-hybridized carbons (Fsp3) is 0.417. The van der Waals surface area contributed by atoms with E-state index in [1.165, 1.54) is 14.2 Å². The average molecular weight is 238 g/mol. The fourth-order valence-corrected chi connectivity index (χ4v) is 2.12. The third kappa shape index (κ3) is 1.63. The van der Waals surface area contributed by atoms with Crippen molar-refractivity contribution in [2.24, 2.45) is 0 Å². The molecule has 1 aliphatic rings. The van der Waals surface area contributed by atoms with Gasteiger partial charge in [0.05, 0.1) is 19.3 Å². The first-order valence-corrected chi connectivity index (χ1v) is 5.19. The Morgan fingerprint density at radius 1 is 1.41 bits per heavy atom. The second-order valence-corrected chi connectivity index (χ2v) is 3.85. The number of hydrogen-bond acceptors (Lipinski definition) is 5. The largest absolute Gasteiger partial charge is 0.507 e. The Morgan fingerprint density at radius 3 is 2.71 bits per heavy atom. The van der Waals surface area contributed by atoms with E-state index >= 15 is 0 Å². The molecule has 0 aliphatic carbocycles. The van der Waals surface area contributed by atoms with Crippen LogP contribution < -0.4 is 4.74 Å². The molecule has 0 saturated heterocycles. The number of carbonyl (C=O) groups is 1. The summed E-state index contributed by atoms with van der Waals surface area (Å²) < 4.78 is 15.2. The normalized spacial score (nSPS) is 13.5. The maximum atomic E-state index is 11.5. The number of esters is 1. The Bertz CT molecular complexity index is 479. The van der Waals surface area contributed by atoms with Crippen LogP contribution in [0.15, 0.2) is 0 Å². The summed E-state index contributed by atoms with van der Waals surface area (Å²) in [4.78, 5) is 11.5. The third-order valence-electron chi connectivity index (χ3n) is 2.94. The predicted octanol–water partition coefficient (Wildman–Crippen LogP) is 1.53. The number of phenols is 1. The van der Waals surface area contributed by atoms with Gasteiger partial charge in [-0.25, -0.2) is 4.79 Å². The van der Waals surface area contributed by atoms with Crippen molar-refractivity contribution in [2.75, 3.05) is 14.2 Å². The predicted molar refractivity (Wildman–Crippen MR) is 59.2 cm³/mol. The van der Waals surface area contributed by atoms with Gasteiger partial charge in [0, 0.05) is 12.7 Å². The molecule has 0 saturated carbocycles. The highest BCUT2D eigenvalue weighted by Crippen LogP contribution is 2.41. The number of ether oxygens (including phenoxy) is 3. The van der Waals surface area contributed by atoms with E-state index < -0.39 is 5.97 Å². The lowest BCUT2D eigenvalue weighted by Crippen LogP contribution is -2.04. The van der Waals surface area contributed by atoms with Crippen LogP contribution in [0.1, 0.15) is 27.0 Å². The number of rotatable bonds is 3. The van der Waals surface area contributed by atoms with E-state index in [4.69, 9.17) is 14.2 Å². The minimum absolute atomic E-state index is 0.105. The van der Waals surface area contributed by atoms with Gasteiger partial charge in [-0.1, -0.05) is 0 Å². The zero-order valence-electron chi connectivity index (χ0n) is 9.99. The zero-order valence-corrected chi connectivity index (χ0v) is 9.99. The molecule has 5 heteroatoms. The molecule has 92 valence electrons. The van der Waals surface area contributed by atoms with Crippen LogP contribution in [-0.4, -0.2) is 25.3 Å². The lowest BCUT2D eigenvalue weighted by Gasteiger charge is -2.15. The average Bonchev–Trinajstić information content (AvgIpc) is 2.69. The van der Waals surface area contributed by atoms with Crippen molar-refractivity contribution in [2.45, 2.75) is 20.1 Å². The van der Waals surface area contributed by atoms with Crippen molar-refractivity contribution in [1.82, 2.24) is 0 Å². The van der Waals surface area contributed by atoms with Gasteiger partial charge in [0.25, 0.3) is 0 Å². The van der Waals surface area contributed by atoms with E-state index in [1.807, 2.05) is 6.92 Å². The van der Waals surface area contributed by atoms with Gasteiger partial charge in [-0.3, -0.25) is 0 Å². The highest BCUT2D eigenvalue weighted by molar-refractivity contribution is 5.97. The molecule has 2 rings (SSSR count). The van der Waals surface area contributed by atoms with Gasteiger partial charge in [0.2, 0.25) is 0 Å². The molecule has 0 radical (unpaired) electrons. The minimum Gasteiger partial charge on any atom is -0.507 e. The SMILES string of the molecule is COCc1c(O)c2c(c(C)c1OC)COC2=O. The smallest absolute Gasteiger partial charge is 0.342 e. The van der Waals surface area contributed by atoms with Gasteiger partial charge in [-0.05, 0) is 12.5 Å². The molecule has 0 aromatic heterocycles. The molecule has 1 aliphatic heterocycles. The molecule has 0 unspecified atom stereocenters. The van der Waals surface area contributed by atoms with Crippen molar-refractivity contribution >= 4 is 5.97 Å². The van der Waals surface area contributed by atoms with E-state index in [2.05, 4.69) is 0 Å². The minimum atomic E-state index is -0.499. The quantitative estimate of drug-likeness (QED) is 0.809. The summed E-state index contributed by atoms with van der Waals surface area (Å²) in [7, 11) is 3.03. The first kappa shape index (κ1) is 11.7. The number of cyclic esters (lactones) is 1. The second-order valence-electron chi connectivity index (χ2n) is 3.85. The molecule has 17 heavy (non-hydrogen) atoms.